The van der Waals surface area contributed by atoms with Crippen LogP contribution in [0.15, 0.2) is 46.9 Å². The largest absolute Gasteiger partial charge is 0.489 e. The summed E-state index contributed by atoms with van der Waals surface area (Å²) in [5, 5.41) is 3.19. The predicted molar refractivity (Wildman–Crippen MR) is 82.3 cm³/mol. The Morgan fingerprint density at radius 2 is 2.00 bits per heavy atom. The van der Waals surface area contributed by atoms with Crippen molar-refractivity contribution < 1.29 is 9.13 Å². The van der Waals surface area contributed by atoms with E-state index in [9.17, 15) is 4.39 Å². The monoisotopic (exact) mass is 337 g/mol. The summed E-state index contributed by atoms with van der Waals surface area (Å²) in [5.74, 6) is 0.471. The van der Waals surface area contributed by atoms with Crippen LogP contribution in [0.5, 0.6) is 5.75 Å². The Bertz CT molecular complexity index is 588. The highest BCUT2D eigenvalue weighted by Gasteiger charge is 2.09. The van der Waals surface area contributed by atoms with Gasteiger partial charge in [-0.05, 0) is 37.7 Å². The first-order valence-electron chi connectivity index (χ1n) is 6.44. The van der Waals surface area contributed by atoms with Crippen LogP contribution < -0.4 is 10.1 Å². The van der Waals surface area contributed by atoms with E-state index >= 15 is 0 Å². The van der Waals surface area contributed by atoms with Crippen LogP contribution >= 0.6 is 15.9 Å². The Labute approximate surface area is 127 Å². The van der Waals surface area contributed by atoms with Crippen molar-refractivity contribution in [1.82, 2.24) is 5.32 Å². The van der Waals surface area contributed by atoms with Crippen molar-refractivity contribution in [3.63, 3.8) is 0 Å². The van der Waals surface area contributed by atoms with Crippen molar-refractivity contribution in [3.05, 3.63) is 63.9 Å². The van der Waals surface area contributed by atoms with Gasteiger partial charge in [0, 0.05) is 16.1 Å². The third-order valence-corrected chi connectivity index (χ3v) is 3.91. The lowest BCUT2D eigenvalue weighted by atomic mass is 10.1. The summed E-state index contributed by atoms with van der Waals surface area (Å²) in [6, 6.07) is 12.7. The number of halogens is 2. The zero-order valence-electron chi connectivity index (χ0n) is 11.5. The average molecular weight is 338 g/mol. The molecule has 0 spiro atoms. The number of rotatable bonds is 5. The van der Waals surface area contributed by atoms with Gasteiger partial charge >= 0.3 is 0 Å². The minimum Gasteiger partial charge on any atom is -0.489 e. The molecule has 0 aromatic heterocycles. The summed E-state index contributed by atoms with van der Waals surface area (Å²) in [7, 11) is 1.92. The lowest BCUT2D eigenvalue weighted by molar-refractivity contribution is 0.299. The Hall–Kier alpha value is -1.39. The molecule has 0 saturated heterocycles. The summed E-state index contributed by atoms with van der Waals surface area (Å²) < 4.78 is 20.1. The van der Waals surface area contributed by atoms with Crippen LogP contribution in [-0.2, 0) is 6.61 Å². The molecular weight excluding hydrogens is 321 g/mol. The zero-order valence-corrected chi connectivity index (χ0v) is 13.1. The van der Waals surface area contributed by atoms with Crippen molar-refractivity contribution in [2.75, 3.05) is 7.05 Å². The second-order valence-electron chi connectivity index (χ2n) is 4.57. The van der Waals surface area contributed by atoms with Gasteiger partial charge in [-0.25, -0.2) is 4.39 Å². The molecule has 2 aromatic carbocycles. The molecule has 106 valence electrons. The van der Waals surface area contributed by atoms with Crippen LogP contribution in [0.4, 0.5) is 4.39 Å². The second-order valence-corrected chi connectivity index (χ2v) is 5.43. The van der Waals surface area contributed by atoms with E-state index in [2.05, 4.69) is 28.2 Å². The normalized spacial score (nSPS) is 12.2. The molecule has 0 saturated carbocycles. The smallest absolute Gasteiger partial charge is 0.129 e. The highest BCUT2D eigenvalue weighted by molar-refractivity contribution is 9.10. The molecule has 2 nitrogen and oxygen atoms in total. The highest BCUT2D eigenvalue weighted by atomic mass is 79.9. The first-order valence-corrected chi connectivity index (χ1v) is 7.24. The summed E-state index contributed by atoms with van der Waals surface area (Å²) in [6.07, 6.45) is 0. The average Bonchev–Trinajstić information content (AvgIpc) is 2.46. The Morgan fingerprint density at radius 1 is 1.25 bits per heavy atom. The Kier molecular flexibility index (Phi) is 5.15. The summed E-state index contributed by atoms with van der Waals surface area (Å²) in [6.45, 7) is 2.31. The van der Waals surface area contributed by atoms with Crippen LogP contribution in [0.2, 0.25) is 0 Å². The standard InChI is InChI=1S/C16H17BrFNO/c1-11(19-2)14-8-7-13(9-15(14)17)20-10-12-5-3-4-6-16(12)18/h3-9,11,19H,10H2,1-2H3. The van der Waals surface area contributed by atoms with E-state index in [1.807, 2.05) is 25.2 Å². The van der Waals surface area contributed by atoms with E-state index in [0.717, 1.165) is 10.0 Å². The van der Waals surface area contributed by atoms with Gasteiger partial charge in [0.25, 0.3) is 0 Å². The quantitative estimate of drug-likeness (QED) is 0.870. The van der Waals surface area contributed by atoms with Crippen LogP contribution in [-0.4, -0.2) is 7.05 Å². The van der Waals surface area contributed by atoms with Gasteiger partial charge in [-0.3, -0.25) is 0 Å². The molecule has 0 bridgehead atoms. The number of ether oxygens (including phenoxy) is 1. The van der Waals surface area contributed by atoms with Gasteiger partial charge in [0.05, 0.1) is 0 Å². The van der Waals surface area contributed by atoms with Gasteiger partial charge in [-0.2, -0.15) is 0 Å². The molecule has 4 heteroatoms. The highest BCUT2D eigenvalue weighted by Crippen LogP contribution is 2.28. The van der Waals surface area contributed by atoms with Crippen LogP contribution in [0.25, 0.3) is 0 Å². The molecule has 0 aliphatic carbocycles. The van der Waals surface area contributed by atoms with Gasteiger partial charge in [0.1, 0.15) is 18.2 Å². The van der Waals surface area contributed by atoms with E-state index in [1.54, 1.807) is 18.2 Å². The van der Waals surface area contributed by atoms with Crippen molar-refractivity contribution in [2.24, 2.45) is 0 Å². The molecule has 1 N–H and O–H groups in total. The fourth-order valence-corrected chi connectivity index (χ4v) is 2.58. The molecule has 0 radical (unpaired) electrons. The molecule has 0 fully saturated rings. The predicted octanol–water partition coefficient (Wildman–Crippen LogP) is 4.45. The number of hydrogen-bond donors (Lipinski definition) is 1. The molecule has 1 atom stereocenters. The Morgan fingerprint density at radius 3 is 2.65 bits per heavy atom. The van der Waals surface area contributed by atoms with Crippen LogP contribution in [0, 0.1) is 5.82 Å². The molecule has 20 heavy (non-hydrogen) atoms. The third kappa shape index (κ3) is 3.58. The van der Waals surface area contributed by atoms with E-state index < -0.39 is 0 Å². The lowest BCUT2D eigenvalue weighted by Gasteiger charge is -2.14. The van der Waals surface area contributed by atoms with E-state index in [0.29, 0.717) is 11.3 Å². The summed E-state index contributed by atoms with van der Waals surface area (Å²) in [4.78, 5) is 0. The zero-order chi connectivity index (χ0) is 14.5. The third-order valence-electron chi connectivity index (χ3n) is 3.22. The van der Waals surface area contributed by atoms with Gasteiger partial charge in [0.15, 0.2) is 0 Å². The number of nitrogens with one attached hydrogen (secondary N) is 1. The fraction of sp³-hybridized carbons (Fsp3) is 0.250. The molecule has 0 aliphatic rings. The molecule has 2 rings (SSSR count). The van der Waals surface area contributed by atoms with Crippen molar-refractivity contribution in [3.8, 4) is 5.75 Å². The van der Waals surface area contributed by atoms with Crippen LogP contribution in [0.3, 0.4) is 0 Å². The maximum absolute atomic E-state index is 13.5. The first-order chi connectivity index (χ1) is 9.61. The van der Waals surface area contributed by atoms with Crippen molar-refractivity contribution in [1.29, 1.82) is 0 Å². The summed E-state index contributed by atoms with van der Waals surface area (Å²) in [5.41, 5.74) is 1.71. The number of benzene rings is 2. The molecule has 0 aliphatic heterocycles. The van der Waals surface area contributed by atoms with Gasteiger partial charge in [-0.1, -0.05) is 40.2 Å². The first kappa shape index (κ1) is 15.0. The topological polar surface area (TPSA) is 21.3 Å². The maximum Gasteiger partial charge on any atom is 0.129 e. The SMILES string of the molecule is CNC(C)c1ccc(OCc2ccccc2F)cc1Br. The van der Waals surface area contributed by atoms with Crippen molar-refractivity contribution in [2.45, 2.75) is 19.6 Å². The Balaban J connectivity index is 2.08. The van der Waals surface area contributed by atoms with E-state index in [4.69, 9.17) is 4.74 Å². The molecule has 2 aromatic rings. The van der Waals surface area contributed by atoms with Crippen LogP contribution in [0.1, 0.15) is 24.1 Å². The lowest BCUT2D eigenvalue weighted by Crippen LogP contribution is -2.12. The van der Waals surface area contributed by atoms with Gasteiger partial charge in [0.2, 0.25) is 0 Å². The molecule has 0 amide bonds. The minimum absolute atomic E-state index is 0.222. The number of hydrogen-bond acceptors (Lipinski definition) is 2. The molecule has 0 heterocycles. The van der Waals surface area contributed by atoms with E-state index in [-0.39, 0.29) is 18.5 Å². The molecular formula is C16H17BrFNO. The maximum atomic E-state index is 13.5. The van der Waals surface area contributed by atoms with Crippen molar-refractivity contribution >= 4 is 15.9 Å². The fourth-order valence-electron chi connectivity index (χ4n) is 1.88. The minimum atomic E-state index is -0.244. The second kappa shape index (κ2) is 6.86. The molecule has 1 unspecified atom stereocenters. The summed E-state index contributed by atoms with van der Waals surface area (Å²) >= 11 is 3.54. The van der Waals surface area contributed by atoms with Gasteiger partial charge in [-0.15, -0.1) is 0 Å². The van der Waals surface area contributed by atoms with E-state index in [1.165, 1.54) is 6.07 Å². The van der Waals surface area contributed by atoms with Gasteiger partial charge < -0.3 is 10.1 Å².